The fourth-order valence-electron chi connectivity index (χ4n) is 3.93. The Morgan fingerprint density at radius 3 is 2.06 bits per heavy atom. The highest BCUT2D eigenvalue weighted by Gasteiger charge is 2.19. The van der Waals surface area contributed by atoms with Gasteiger partial charge in [-0.3, -0.25) is 9.69 Å². The number of benzene rings is 3. The van der Waals surface area contributed by atoms with E-state index >= 15 is 0 Å². The topological polar surface area (TPSA) is 23.6 Å². The number of para-hydroxylation sites is 1. The van der Waals surface area contributed by atoms with E-state index in [1.165, 1.54) is 17.8 Å². The van der Waals surface area contributed by atoms with E-state index in [0.717, 1.165) is 43.9 Å². The van der Waals surface area contributed by atoms with Gasteiger partial charge in [-0.1, -0.05) is 60.7 Å². The number of Topliss-reactive ketones (excluding diaryl/α,β-unsaturated/α-hetero) is 1. The molecule has 0 amide bonds. The lowest BCUT2D eigenvalue weighted by Gasteiger charge is -2.36. The number of hydrogen-bond acceptors (Lipinski definition) is 3. The van der Waals surface area contributed by atoms with E-state index in [4.69, 9.17) is 0 Å². The van der Waals surface area contributed by atoms with Crippen molar-refractivity contribution in [2.24, 2.45) is 0 Å². The molecule has 1 fully saturated rings. The molecular weight excluding hydrogens is 387 g/mol. The van der Waals surface area contributed by atoms with Crippen LogP contribution in [0.15, 0.2) is 90.5 Å². The Labute approximate surface area is 183 Å². The number of ketones is 1. The molecule has 31 heavy (non-hydrogen) atoms. The Bertz CT molecular complexity index is 1010. The van der Waals surface area contributed by atoms with Crippen molar-refractivity contribution in [3.63, 3.8) is 0 Å². The molecule has 0 saturated carbocycles. The molecule has 158 valence electrons. The summed E-state index contributed by atoms with van der Waals surface area (Å²) < 4.78 is 13.3. The summed E-state index contributed by atoms with van der Waals surface area (Å²) in [5.41, 5.74) is 3.54. The monoisotopic (exact) mass is 414 g/mol. The second-order valence-corrected chi connectivity index (χ2v) is 7.83. The van der Waals surface area contributed by atoms with Crippen molar-refractivity contribution in [3.8, 4) is 0 Å². The molecule has 0 spiro atoms. The molecule has 4 heteroatoms. The zero-order valence-corrected chi connectivity index (χ0v) is 17.6. The van der Waals surface area contributed by atoms with Gasteiger partial charge in [0.1, 0.15) is 5.82 Å². The predicted molar refractivity (Wildman–Crippen MR) is 125 cm³/mol. The van der Waals surface area contributed by atoms with E-state index in [-0.39, 0.29) is 11.6 Å². The summed E-state index contributed by atoms with van der Waals surface area (Å²) in [6.07, 6.45) is 2.56. The highest BCUT2D eigenvalue weighted by molar-refractivity contribution is 6.11. The molecule has 0 radical (unpaired) electrons. The Balaban J connectivity index is 1.43. The molecular formula is C27H27FN2O. The van der Waals surface area contributed by atoms with Gasteiger partial charge in [0, 0.05) is 49.5 Å². The molecule has 1 heterocycles. The van der Waals surface area contributed by atoms with Gasteiger partial charge in [0.05, 0.1) is 0 Å². The van der Waals surface area contributed by atoms with Crippen molar-refractivity contribution in [1.82, 2.24) is 4.90 Å². The van der Waals surface area contributed by atoms with Crippen molar-refractivity contribution in [3.05, 3.63) is 107 Å². The first-order valence-corrected chi connectivity index (χ1v) is 10.8. The van der Waals surface area contributed by atoms with Gasteiger partial charge in [0.2, 0.25) is 0 Å². The highest BCUT2D eigenvalue weighted by Crippen LogP contribution is 2.19. The van der Waals surface area contributed by atoms with E-state index < -0.39 is 0 Å². The van der Waals surface area contributed by atoms with Gasteiger partial charge in [-0.15, -0.1) is 0 Å². The molecule has 0 aliphatic carbocycles. The van der Waals surface area contributed by atoms with Crippen molar-refractivity contribution in [2.75, 3.05) is 37.6 Å². The van der Waals surface area contributed by atoms with Crippen LogP contribution in [-0.2, 0) is 0 Å². The van der Waals surface area contributed by atoms with Crippen molar-refractivity contribution in [1.29, 1.82) is 0 Å². The number of anilines is 1. The average molecular weight is 415 g/mol. The van der Waals surface area contributed by atoms with E-state index in [9.17, 15) is 9.18 Å². The zero-order chi connectivity index (χ0) is 21.5. The third-order valence-corrected chi connectivity index (χ3v) is 5.73. The number of halogens is 1. The number of rotatable bonds is 7. The Hall–Kier alpha value is -3.24. The second kappa shape index (κ2) is 10.2. The summed E-state index contributed by atoms with van der Waals surface area (Å²) in [5.74, 6) is -0.239. The third kappa shape index (κ3) is 5.68. The summed E-state index contributed by atoms with van der Waals surface area (Å²) >= 11 is 0. The van der Waals surface area contributed by atoms with Gasteiger partial charge < -0.3 is 4.90 Å². The summed E-state index contributed by atoms with van der Waals surface area (Å²) in [4.78, 5) is 18.0. The molecule has 1 aliphatic heterocycles. The van der Waals surface area contributed by atoms with Gasteiger partial charge in [0.25, 0.3) is 0 Å². The van der Waals surface area contributed by atoms with Crippen molar-refractivity contribution < 1.29 is 9.18 Å². The number of carbonyl (C=O) groups excluding carboxylic acids is 1. The normalized spacial score (nSPS) is 15.1. The van der Waals surface area contributed by atoms with Gasteiger partial charge >= 0.3 is 0 Å². The van der Waals surface area contributed by atoms with E-state index in [1.54, 1.807) is 12.1 Å². The first kappa shape index (κ1) is 21.0. The van der Waals surface area contributed by atoms with Crippen LogP contribution in [0.2, 0.25) is 0 Å². The fraction of sp³-hybridized carbons (Fsp3) is 0.222. The number of piperazine rings is 1. The lowest BCUT2D eigenvalue weighted by molar-refractivity contribution is 0.102. The van der Waals surface area contributed by atoms with E-state index in [0.29, 0.717) is 12.0 Å². The third-order valence-electron chi connectivity index (χ3n) is 5.73. The molecule has 0 atom stereocenters. The van der Waals surface area contributed by atoms with Crippen molar-refractivity contribution >= 4 is 17.5 Å². The van der Waals surface area contributed by atoms with E-state index in [1.807, 2.05) is 42.5 Å². The Kier molecular flexibility index (Phi) is 6.90. The van der Waals surface area contributed by atoms with Crippen LogP contribution in [0.25, 0.3) is 6.08 Å². The molecule has 1 saturated heterocycles. The minimum absolute atomic E-state index is 0.0350. The van der Waals surface area contributed by atoms with Crippen LogP contribution in [-0.4, -0.2) is 43.4 Å². The average Bonchev–Trinajstić information content (AvgIpc) is 2.84. The van der Waals surface area contributed by atoms with Crippen LogP contribution in [0.3, 0.4) is 0 Å². The standard InChI is InChI=1S/C27H27FN2O/c28-25-13-11-22(12-14-25)21-24(27(31)23-7-3-1-4-8-23)15-16-29-17-19-30(20-18-29)26-9-5-2-6-10-26/h1-14,21H,15-20H2/b24-21+. The maximum Gasteiger partial charge on any atom is 0.189 e. The van der Waals surface area contributed by atoms with Crippen LogP contribution < -0.4 is 4.90 Å². The molecule has 3 aromatic rings. The summed E-state index contributed by atoms with van der Waals surface area (Å²) in [6.45, 7) is 4.73. The fourth-order valence-corrected chi connectivity index (χ4v) is 3.93. The predicted octanol–water partition coefficient (Wildman–Crippen LogP) is 5.30. The first-order chi connectivity index (χ1) is 15.2. The first-order valence-electron chi connectivity index (χ1n) is 10.8. The quantitative estimate of drug-likeness (QED) is 0.387. The van der Waals surface area contributed by atoms with Gasteiger partial charge in [-0.05, 0) is 42.3 Å². The molecule has 0 unspecified atom stereocenters. The summed E-state index contributed by atoms with van der Waals surface area (Å²) in [7, 11) is 0. The molecule has 1 aliphatic rings. The molecule has 4 rings (SSSR count). The maximum absolute atomic E-state index is 13.3. The molecule has 3 aromatic carbocycles. The minimum atomic E-state index is -0.274. The lowest BCUT2D eigenvalue weighted by atomic mass is 9.98. The minimum Gasteiger partial charge on any atom is -0.369 e. The van der Waals surface area contributed by atoms with Gasteiger partial charge in [-0.25, -0.2) is 4.39 Å². The van der Waals surface area contributed by atoms with Crippen LogP contribution >= 0.6 is 0 Å². The number of carbonyl (C=O) groups is 1. The Morgan fingerprint density at radius 1 is 0.806 bits per heavy atom. The van der Waals surface area contributed by atoms with Gasteiger partial charge in [0.15, 0.2) is 5.78 Å². The highest BCUT2D eigenvalue weighted by atomic mass is 19.1. The molecule has 0 aromatic heterocycles. The number of hydrogen-bond donors (Lipinski definition) is 0. The van der Waals surface area contributed by atoms with Crippen molar-refractivity contribution in [2.45, 2.75) is 6.42 Å². The van der Waals surface area contributed by atoms with Crippen LogP contribution in [0.1, 0.15) is 22.3 Å². The van der Waals surface area contributed by atoms with Crippen LogP contribution in [0.5, 0.6) is 0 Å². The van der Waals surface area contributed by atoms with E-state index in [2.05, 4.69) is 34.1 Å². The van der Waals surface area contributed by atoms with Crippen LogP contribution in [0, 0.1) is 5.82 Å². The zero-order valence-electron chi connectivity index (χ0n) is 17.6. The SMILES string of the molecule is O=C(/C(=C/c1ccc(F)cc1)CCN1CCN(c2ccccc2)CC1)c1ccccc1. The second-order valence-electron chi connectivity index (χ2n) is 7.83. The largest absolute Gasteiger partial charge is 0.369 e. The molecule has 0 bridgehead atoms. The summed E-state index contributed by atoms with van der Waals surface area (Å²) in [5, 5.41) is 0. The lowest BCUT2D eigenvalue weighted by Crippen LogP contribution is -2.46. The van der Waals surface area contributed by atoms with Gasteiger partial charge in [-0.2, -0.15) is 0 Å². The smallest absolute Gasteiger partial charge is 0.189 e. The Morgan fingerprint density at radius 2 is 1.42 bits per heavy atom. The molecule has 0 N–H and O–H groups in total. The van der Waals surface area contributed by atoms with Crippen LogP contribution in [0.4, 0.5) is 10.1 Å². The maximum atomic E-state index is 13.3. The molecule has 3 nitrogen and oxygen atoms in total. The summed E-state index contributed by atoms with van der Waals surface area (Å²) in [6, 6.07) is 26.1. The number of nitrogens with zero attached hydrogens (tertiary/aromatic N) is 2.